The van der Waals surface area contributed by atoms with Crippen LogP contribution in [0.1, 0.15) is 42.9 Å². The molecule has 1 amide bonds. The molecule has 2 aromatic carbocycles. The van der Waals surface area contributed by atoms with Crippen LogP contribution in [0.15, 0.2) is 48.5 Å². The molecule has 0 spiro atoms. The van der Waals surface area contributed by atoms with Crippen LogP contribution in [0.5, 0.6) is 5.75 Å². The highest BCUT2D eigenvalue weighted by Gasteiger charge is 2.24. The molecule has 27 heavy (non-hydrogen) atoms. The van der Waals surface area contributed by atoms with Gasteiger partial charge in [0.05, 0.1) is 25.3 Å². The van der Waals surface area contributed by atoms with Crippen molar-refractivity contribution < 1.29 is 9.53 Å². The largest absolute Gasteiger partial charge is 0.497 e. The molecule has 0 aromatic heterocycles. The van der Waals surface area contributed by atoms with Crippen LogP contribution in [0.25, 0.3) is 0 Å². The molecule has 2 aromatic rings. The Labute approximate surface area is 160 Å². The van der Waals surface area contributed by atoms with Crippen LogP contribution in [0.3, 0.4) is 0 Å². The molecule has 3 rings (SSSR count). The average molecular weight is 363 g/mol. The van der Waals surface area contributed by atoms with Gasteiger partial charge in [-0.15, -0.1) is 0 Å². The second-order valence-corrected chi connectivity index (χ2v) is 6.85. The Morgan fingerprint density at radius 1 is 1.22 bits per heavy atom. The normalized spacial score (nSPS) is 17.6. The molecule has 0 unspecified atom stereocenters. The zero-order chi connectivity index (χ0) is 19.1. The number of anilines is 1. The first kappa shape index (κ1) is 18.9. The number of amides is 1. The fourth-order valence-corrected chi connectivity index (χ4v) is 3.61. The number of nitriles is 1. The Balaban J connectivity index is 1.70. The molecule has 1 heterocycles. The van der Waals surface area contributed by atoms with Crippen molar-refractivity contribution in [1.82, 2.24) is 4.90 Å². The third-order valence-corrected chi connectivity index (χ3v) is 4.99. The molecule has 1 aliphatic rings. The van der Waals surface area contributed by atoms with E-state index < -0.39 is 0 Å². The minimum atomic E-state index is -0.0505. The number of benzene rings is 2. The number of nitrogens with zero attached hydrogens (tertiary/aromatic N) is 2. The van der Waals surface area contributed by atoms with Gasteiger partial charge in [-0.25, -0.2) is 0 Å². The lowest BCUT2D eigenvalue weighted by Crippen LogP contribution is -2.36. The first-order chi connectivity index (χ1) is 13.2. The van der Waals surface area contributed by atoms with Gasteiger partial charge in [0.15, 0.2) is 0 Å². The summed E-state index contributed by atoms with van der Waals surface area (Å²) >= 11 is 0. The molecule has 1 fully saturated rings. The summed E-state index contributed by atoms with van der Waals surface area (Å²) in [5.41, 5.74) is 2.42. The van der Waals surface area contributed by atoms with Gasteiger partial charge in [0.1, 0.15) is 5.75 Å². The highest BCUT2D eigenvalue weighted by atomic mass is 16.5. The van der Waals surface area contributed by atoms with E-state index in [-0.39, 0.29) is 11.9 Å². The fourth-order valence-electron chi connectivity index (χ4n) is 3.61. The van der Waals surface area contributed by atoms with Gasteiger partial charge in [0.25, 0.3) is 0 Å². The molecule has 1 N–H and O–H groups in total. The number of nitrogens with one attached hydrogen (secondary N) is 1. The van der Waals surface area contributed by atoms with Crippen molar-refractivity contribution in [2.75, 3.05) is 25.5 Å². The number of ether oxygens (including phenoxy) is 1. The number of likely N-dealkylation sites (tertiary alicyclic amines) is 1. The lowest BCUT2D eigenvalue weighted by atomic mass is 10.0. The van der Waals surface area contributed by atoms with Gasteiger partial charge in [0, 0.05) is 11.7 Å². The van der Waals surface area contributed by atoms with Crippen LogP contribution in [-0.4, -0.2) is 31.0 Å². The van der Waals surface area contributed by atoms with Crippen molar-refractivity contribution in [2.24, 2.45) is 0 Å². The van der Waals surface area contributed by atoms with E-state index in [9.17, 15) is 4.79 Å². The molecule has 5 nitrogen and oxygen atoms in total. The molecule has 0 radical (unpaired) electrons. The van der Waals surface area contributed by atoms with Crippen LogP contribution in [0.2, 0.25) is 0 Å². The smallest absolute Gasteiger partial charge is 0.238 e. The summed E-state index contributed by atoms with van der Waals surface area (Å²) in [7, 11) is 1.67. The first-order valence-electron chi connectivity index (χ1n) is 9.37. The van der Waals surface area contributed by atoms with E-state index >= 15 is 0 Å². The van der Waals surface area contributed by atoms with Crippen molar-refractivity contribution in [3.8, 4) is 11.8 Å². The maximum Gasteiger partial charge on any atom is 0.238 e. The minimum absolute atomic E-state index is 0.0505. The number of methoxy groups -OCH3 is 1. The monoisotopic (exact) mass is 363 g/mol. The summed E-state index contributed by atoms with van der Waals surface area (Å²) < 4.78 is 5.26. The molecular weight excluding hydrogens is 338 g/mol. The van der Waals surface area contributed by atoms with Gasteiger partial charge < -0.3 is 10.1 Å². The molecule has 0 bridgehead atoms. The van der Waals surface area contributed by atoms with Crippen molar-refractivity contribution in [3.63, 3.8) is 0 Å². The first-order valence-corrected chi connectivity index (χ1v) is 9.37. The number of carbonyl (C=O) groups excluding carboxylic acids is 1. The maximum atomic E-state index is 12.6. The Morgan fingerprint density at radius 3 is 2.78 bits per heavy atom. The number of hydrogen-bond acceptors (Lipinski definition) is 4. The Kier molecular flexibility index (Phi) is 6.45. The van der Waals surface area contributed by atoms with Gasteiger partial charge in [-0.3, -0.25) is 9.69 Å². The quantitative estimate of drug-likeness (QED) is 0.868. The molecule has 1 aliphatic heterocycles. The van der Waals surface area contributed by atoms with E-state index in [1.54, 1.807) is 25.3 Å². The van der Waals surface area contributed by atoms with E-state index in [0.717, 1.165) is 25.1 Å². The van der Waals surface area contributed by atoms with E-state index in [1.807, 2.05) is 18.2 Å². The summed E-state index contributed by atoms with van der Waals surface area (Å²) in [6.45, 7) is 1.25. The van der Waals surface area contributed by atoms with Gasteiger partial charge >= 0.3 is 0 Å². The lowest BCUT2D eigenvalue weighted by Gasteiger charge is -2.29. The van der Waals surface area contributed by atoms with Gasteiger partial charge in [-0.05, 0) is 55.3 Å². The number of carbonyl (C=O) groups is 1. The Morgan fingerprint density at radius 2 is 2.04 bits per heavy atom. The topological polar surface area (TPSA) is 65.4 Å². The van der Waals surface area contributed by atoms with Gasteiger partial charge in [-0.2, -0.15) is 5.26 Å². The lowest BCUT2D eigenvalue weighted by molar-refractivity contribution is -0.117. The molecule has 0 saturated carbocycles. The number of rotatable bonds is 5. The zero-order valence-corrected chi connectivity index (χ0v) is 15.6. The second-order valence-electron chi connectivity index (χ2n) is 6.85. The van der Waals surface area contributed by atoms with Crippen molar-refractivity contribution in [2.45, 2.75) is 31.7 Å². The van der Waals surface area contributed by atoms with E-state index in [0.29, 0.717) is 17.8 Å². The number of hydrogen-bond donors (Lipinski definition) is 1. The predicted molar refractivity (Wildman–Crippen MR) is 106 cm³/mol. The van der Waals surface area contributed by atoms with E-state index in [4.69, 9.17) is 10.00 Å². The standard InChI is InChI=1S/C22H25N3O2/c1-27-20-11-9-18(10-12-20)21-8-3-2-4-13-25(21)16-22(26)24-19-7-5-6-17(14-19)15-23/h5-7,9-12,14,21H,2-4,8,13,16H2,1H3,(H,24,26)/t21-/m0/s1. The maximum absolute atomic E-state index is 12.6. The summed E-state index contributed by atoms with van der Waals surface area (Å²) in [5.74, 6) is 0.791. The highest BCUT2D eigenvalue weighted by molar-refractivity contribution is 5.92. The SMILES string of the molecule is COc1ccc([C@@H]2CCCCCN2CC(=O)Nc2cccc(C#N)c2)cc1. The minimum Gasteiger partial charge on any atom is -0.497 e. The third-order valence-electron chi connectivity index (χ3n) is 4.99. The van der Waals surface area contributed by atoms with Gasteiger partial charge in [0.2, 0.25) is 5.91 Å². The molecular formula is C22H25N3O2. The van der Waals surface area contributed by atoms with Crippen LogP contribution in [-0.2, 0) is 4.79 Å². The molecule has 5 heteroatoms. The second kappa shape index (κ2) is 9.20. The molecule has 1 saturated heterocycles. The van der Waals surface area contributed by atoms with E-state index in [1.165, 1.54) is 18.4 Å². The molecule has 0 aliphatic carbocycles. The highest BCUT2D eigenvalue weighted by Crippen LogP contribution is 2.31. The summed E-state index contributed by atoms with van der Waals surface area (Å²) in [6.07, 6.45) is 4.50. The van der Waals surface area contributed by atoms with Crippen molar-refractivity contribution in [1.29, 1.82) is 5.26 Å². The van der Waals surface area contributed by atoms with Gasteiger partial charge in [-0.1, -0.05) is 31.0 Å². The predicted octanol–water partition coefficient (Wildman–Crippen LogP) is 4.12. The Bertz CT molecular complexity index is 811. The van der Waals surface area contributed by atoms with Crippen LogP contribution in [0, 0.1) is 11.3 Å². The summed E-state index contributed by atoms with van der Waals surface area (Å²) in [5, 5.41) is 11.9. The molecule has 140 valence electrons. The summed E-state index contributed by atoms with van der Waals surface area (Å²) in [6, 6.07) is 17.5. The Hall–Kier alpha value is -2.84. The average Bonchev–Trinajstić information content (AvgIpc) is 2.93. The zero-order valence-electron chi connectivity index (χ0n) is 15.6. The van der Waals surface area contributed by atoms with E-state index in [2.05, 4.69) is 28.4 Å². The molecule has 1 atom stereocenters. The van der Waals surface area contributed by atoms with Crippen molar-refractivity contribution in [3.05, 3.63) is 59.7 Å². The summed E-state index contributed by atoms with van der Waals surface area (Å²) in [4.78, 5) is 14.9. The van der Waals surface area contributed by atoms with Crippen LogP contribution >= 0.6 is 0 Å². The van der Waals surface area contributed by atoms with Crippen molar-refractivity contribution >= 4 is 11.6 Å². The van der Waals surface area contributed by atoms with Crippen LogP contribution < -0.4 is 10.1 Å². The third kappa shape index (κ3) is 5.08. The van der Waals surface area contributed by atoms with Crippen LogP contribution in [0.4, 0.5) is 5.69 Å². The fraction of sp³-hybridized carbons (Fsp3) is 0.364.